The number of hydrogen-bond acceptors (Lipinski definition) is 6. The molecule has 156 valence electrons. The Labute approximate surface area is 171 Å². The zero-order valence-corrected chi connectivity index (χ0v) is 17.1. The molecule has 1 saturated heterocycles. The minimum atomic E-state index is -4.00. The van der Waals surface area contributed by atoms with Crippen molar-refractivity contribution in [3.63, 3.8) is 0 Å². The van der Waals surface area contributed by atoms with E-state index in [2.05, 4.69) is 10.0 Å². The van der Waals surface area contributed by atoms with Crippen molar-refractivity contribution in [2.45, 2.75) is 30.9 Å². The molecule has 3 rings (SSSR count). The quantitative estimate of drug-likeness (QED) is 0.236. The number of nitrogens with two attached hydrogens (primary N) is 3. The summed E-state index contributed by atoms with van der Waals surface area (Å²) in [6, 6.07) is 12.6. The minimum absolute atomic E-state index is 0.102. The molecule has 2 aromatic rings. The summed E-state index contributed by atoms with van der Waals surface area (Å²) >= 11 is 0. The lowest BCUT2D eigenvalue weighted by atomic mass is 9.98. The third kappa shape index (κ3) is 4.76. The summed E-state index contributed by atoms with van der Waals surface area (Å²) in [6.45, 7) is 4.47. The van der Waals surface area contributed by atoms with E-state index in [4.69, 9.17) is 16.7 Å². The van der Waals surface area contributed by atoms with Crippen LogP contribution in [0.4, 0.5) is 0 Å². The van der Waals surface area contributed by atoms with Crippen LogP contribution in [0.3, 0.4) is 0 Å². The van der Waals surface area contributed by atoms with Crippen LogP contribution < -0.4 is 16.7 Å². The Hall–Kier alpha value is -2.46. The van der Waals surface area contributed by atoms with Crippen LogP contribution in [0.25, 0.3) is 11.1 Å². The fourth-order valence-electron chi connectivity index (χ4n) is 3.79. The Morgan fingerprint density at radius 1 is 1.28 bits per heavy atom. The molecule has 1 fully saturated rings. The van der Waals surface area contributed by atoms with Crippen LogP contribution in [-0.4, -0.2) is 43.5 Å². The van der Waals surface area contributed by atoms with E-state index < -0.39 is 10.0 Å². The first kappa shape index (κ1) is 21.3. The molecule has 1 heterocycles. The molecule has 7 N–H and O–H groups in total. The number of amidine groups is 1. The molecule has 29 heavy (non-hydrogen) atoms. The number of sulfonamides is 1. The molecular formula is C20H27N5O3S. The zero-order chi connectivity index (χ0) is 21.2. The monoisotopic (exact) mass is 417 g/mol. The number of likely N-dealkylation sites (tertiary alicyclic amines) is 1. The summed E-state index contributed by atoms with van der Waals surface area (Å²) in [5.74, 6) is 5.53. The minimum Gasteiger partial charge on any atom is -0.393 e. The fourth-order valence-corrected chi connectivity index (χ4v) is 4.55. The molecular weight excluding hydrogens is 390 g/mol. The van der Waals surface area contributed by atoms with Gasteiger partial charge in [-0.15, -0.1) is 0 Å². The average Bonchev–Trinajstić information content (AvgIpc) is 3.15. The van der Waals surface area contributed by atoms with Crippen molar-refractivity contribution >= 4 is 15.9 Å². The van der Waals surface area contributed by atoms with Gasteiger partial charge in [-0.3, -0.25) is 4.90 Å². The number of primary sulfonamides is 1. The topological polar surface area (TPSA) is 148 Å². The van der Waals surface area contributed by atoms with Crippen LogP contribution in [-0.2, 0) is 16.6 Å². The zero-order valence-electron chi connectivity index (χ0n) is 16.3. The Kier molecular flexibility index (Phi) is 6.23. The van der Waals surface area contributed by atoms with E-state index >= 15 is 0 Å². The maximum atomic E-state index is 12.0. The van der Waals surface area contributed by atoms with Gasteiger partial charge in [-0.05, 0) is 48.6 Å². The second-order valence-corrected chi connectivity index (χ2v) is 8.99. The van der Waals surface area contributed by atoms with Gasteiger partial charge in [-0.1, -0.05) is 36.4 Å². The van der Waals surface area contributed by atoms with Crippen LogP contribution in [0.15, 0.2) is 52.5 Å². The lowest BCUT2D eigenvalue weighted by molar-refractivity contribution is 0.127. The standard InChI is InChI=1S/C20H27N5O3S/c1-13(26)16-9-10-25(12-16)11-14-5-7-15(8-6-14)17-3-2-4-18(29(23,27)28)19(17)20(21)24-22/h2-8,13,16,26H,9-12,22H2,1H3,(H2,21,24)(H2,23,27,28). The van der Waals surface area contributed by atoms with Gasteiger partial charge in [0.25, 0.3) is 0 Å². The van der Waals surface area contributed by atoms with Gasteiger partial charge in [0, 0.05) is 18.7 Å². The first-order valence-electron chi connectivity index (χ1n) is 9.40. The van der Waals surface area contributed by atoms with Crippen molar-refractivity contribution in [1.29, 1.82) is 0 Å². The number of rotatable bonds is 6. The maximum Gasteiger partial charge on any atom is 0.238 e. The van der Waals surface area contributed by atoms with E-state index in [1.807, 2.05) is 31.2 Å². The SMILES string of the molecule is CC(O)C1CCN(Cc2ccc(-c3cccc(S(N)(=O)=O)c3/C(N)=N/N)cc2)C1. The molecule has 0 aromatic heterocycles. The van der Waals surface area contributed by atoms with Gasteiger partial charge < -0.3 is 16.7 Å². The lowest BCUT2D eigenvalue weighted by Gasteiger charge is -2.18. The van der Waals surface area contributed by atoms with Crippen LogP contribution in [0.2, 0.25) is 0 Å². The third-order valence-corrected chi connectivity index (χ3v) is 6.34. The van der Waals surface area contributed by atoms with Crippen molar-refractivity contribution < 1.29 is 13.5 Å². The number of benzene rings is 2. The summed E-state index contributed by atoms with van der Waals surface area (Å²) < 4.78 is 24.0. The highest BCUT2D eigenvalue weighted by molar-refractivity contribution is 7.89. The summed E-state index contributed by atoms with van der Waals surface area (Å²) in [6.07, 6.45) is 0.707. The number of hydrazone groups is 1. The second-order valence-electron chi connectivity index (χ2n) is 7.46. The smallest absolute Gasteiger partial charge is 0.238 e. The maximum absolute atomic E-state index is 12.0. The van der Waals surface area contributed by atoms with E-state index in [1.54, 1.807) is 12.1 Å². The Balaban J connectivity index is 1.89. The van der Waals surface area contributed by atoms with Gasteiger partial charge in [-0.2, -0.15) is 5.10 Å². The first-order chi connectivity index (χ1) is 13.7. The van der Waals surface area contributed by atoms with E-state index in [1.165, 1.54) is 6.07 Å². The Morgan fingerprint density at radius 3 is 2.52 bits per heavy atom. The summed E-state index contributed by atoms with van der Waals surface area (Å²) in [7, 11) is -4.00. The molecule has 0 spiro atoms. The Morgan fingerprint density at radius 2 is 1.97 bits per heavy atom. The molecule has 0 saturated carbocycles. The van der Waals surface area contributed by atoms with Crippen molar-refractivity contribution in [3.05, 3.63) is 53.6 Å². The molecule has 0 aliphatic carbocycles. The highest BCUT2D eigenvalue weighted by atomic mass is 32.2. The number of aliphatic hydroxyl groups is 1. The summed E-state index contributed by atoms with van der Waals surface area (Å²) in [5, 5.41) is 18.6. The van der Waals surface area contributed by atoms with E-state index in [0.717, 1.165) is 37.2 Å². The normalized spacial score (nSPS) is 19.4. The molecule has 0 radical (unpaired) electrons. The second kappa shape index (κ2) is 8.50. The van der Waals surface area contributed by atoms with Crippen LogP contribution in [0, 0.1) is 5.92 Å². The van der Waals surface area contributed by atoms with Gasteiger partial charge in [0.1, 0.15) is 0 Å². The predicted molar refractivity (Wildman–Crippen MR) is 113 cm³/mol. The highest BCUT2D eigenvalue weighted by Crippen LogP contribution is 2.29. The van der Waals surface area contributed by atoms with Gasteiger partial charge in [0.05, 0.1) is 11.0 Å². The molecule has 2 unspecified atom stereocenters. The highest BCUT2D eigenvalue weighted by Gasteiger charge is 2.26. The summed E-state index contributed by atoms with van der Waals surface area (Å²) in [5.41, 5.74) is 8.58. The summed E-state index contributed by atoms with van der Waals surface area (Å²) in [4.78, 5) is 2.20. The Bertz CT molecular complexity index is 1000. The molecule has 1 aliphatic rings. The molecule has 0 bridgehead atoms. The molecule has 0 amide bonds. The van der Waals surface area contributed by atoms with Crippen molar-refractivity contribution in [2.75, 3.05) is 13.1 Å². The van der Waals surface area contributed by atoms with Gasteiger partial charge in [0.15, 0.2) is 5.84 Å². The lowest BCUT2D eigenvalue weighted by Crippen LogP contribution is -2.24. The van der Waals surface area contributed by atoms with E-state index in [0.29, 0.717) is 11.5 Å². The molecule has 9 heteroatoms. The van der Waals surface area contributed by atoms with E-state index in [9.17, 15) is 13.5 Å². The van der Waals surface area contributed by atoms with Gasteiger partial charge >= 0.3 is 0 Å². The first-order valence-corrected chi connectivity index (χ1v) is 10.9. The molecule has 2 aromatic carbocycles. The molecule has 8 nitrogen and oxygen atoms in total. The van der Waals surface area contributed by atoms with Crippen LogP contribution in [0.5, 0.6) is 0 Å². The molecule has 1 aliphatic heterocycles. The van der Waals surface area contributed by atoms with Gasteiger partial charge in [-0.25, -0.2) is 13.6 Å². The van der Waals surface area contributed by atoms with Crippen molar-refractivity contribution in [3.8, 4) is 11.1 Å². The fraction of sp³-hybridized carbons (Fsp3) is 0.350. The largest absolute Gasteiger partial charge is 0.393 e. The predicted octanol–water partition coefficient (Wildman–Crippen LogP) is 0.783. The van der Waals surface area contributed by atoms with Gasteiger partial charge in [0.2, 0.25) is 10.0 Å². The van der Waals surface area contributed by atoms with Crippen LogP contribution in [0.1, 0.15) is 24.5 Å². The number of hydrogen-bond donors (Lipinski definition) is 4. The third-order valence-electron chi connectivity index (χ3n) is 5.39. The number of aliphatic hydroxyl groups excluding tert-OH is 1. The average molecular weight is 418 g/mol. The van der Waals surface area contributed by atoms with E-state index in [-0.39, 0.29) is 22.4 Å². The molecule has 2 atom stereocenters. The van der Waals surface area contributed by atoms with Crippen LogP contribution >= 0.6 is 0 Å². The van der Waals surface area contributed by atoms with Crippen molar-refractivity contribution in [2.24, 2.45) is 27.7 Å². The number of nitrogens with zero attached hydrogens (tertiary/aromatic N) is 2. The van der Waals surface area contributed by atoms with Crippen molar-refractivity contribution in [1.82, 2.24) is 4.90 Å².